The first kappa shape index (κ1) is 15.8. The number of rotatable bonds is 4. The Morgan fingerprint density at radius 2 is 1.50 bits per heavy atom. The summed E-state index contributed by atoms with van der Waals surface area (Å²) in [6, 6.07) is 14.7. The van der Waals surface area contributed by atoms with Gasteiger partial charge in [0.25, 0.3) is 0 Å². The summed E-state index contributed by atoms with van der Waals surface area (Å²) in [5.74, 6) is 0.629. The van der Waals surface area contributed by atoms with E-state index in [1.54, 1.807) is 24.3 Å². The lowest BCUT2D eigenvalue weighted by molar-refractivity contribution is -0.129. The third-order valence-corrected chi connectivity index (χ3v) is 3.40. The fourth-order valence-electron chi connectivity index (χ4n) is 2.16. The Labute approximate surface area is 130 Å². The first-order chi connectivity index (χ1) is 10.5. The van der Waals surface area contributed by atoms with Gasteiger partial charge in [0.15, 0.2) is 0 Å². The Kier molecular flexibility index (Phi) is 4.99. The molecule has 1 atom stereocenters. The predicted molar refractivity (Wildman–Crippen MR) is 87.1 cm³/mol. The van der Waals surface area contributed by atoms with Crippen molar-refractivity contribution in [3.63, 3.8) is 0 Å². The van der Waals surface area contributed by atoms with Crippen LogP contribution < -0.4 is 4.74 Å². The maximum Gasteiger partial charge on any atom is 0.336 e. The van der Waals surface area contributed by atoms with Crippen molar-refractivity contribution in [1.82, 2.24) is 0 Å². The van der Waals surface area contributed by atoms with Gasteiger partial charge in [0.1, 0.15) is 11.5 Å². The number of allylic oxidation sites excluding steroid dienone is 1. The summed E-state index contributed by atoms with van der Waals surface area (Å²) in [7, 11) is 0. The summed E-state index contributed by atoms with van der Waals surface area (Å²) in [6.07, 6.45) is 1.47. The molecule has 3 nitrogen and oxygen atoms in total. The van der Waals surface area contributed by atoms with Crippen LogP contribution in [-0.4, -0.2) is 11.1 Å². The van der Waals surface area contributed by atoms with Gasteiger partial charge in [-0.3, -0.25) is 0 Å². The summed E-state index contributed by atoms with van der Waals surface area (Å²) < 4.78 is 5.23. The number of carbonyl (C=O) groups excluding carboxylic acids is 1. The van der Waals surface area contributed by atoms with Crippen LogP contribution in [0, 0.1) is 0 Å². The van der Waals surface area contributed by atoms with Gasteiger partial charge in [0, 0.05) is 12.0 Å². The molecule has 0 spiro atoms. The number of aromatic hydroxyl groups is 1. The number of ether oxygens (including phenoxy) is 1. The standard InChI is InChI=1S/C19H20O3/c1-13(2)12-19(21)22-18-10-6-16(7-11-18)14(3)15-4-8-17(20)9-5-15/h4-12,14,20H,1-3H3. The number of esters is 1. The van der Waals surface area contributed by atoms with Crippen molar-refractivity contribution >= 4 is 5.97 Å². The fourth-order valence-corrected chi connectivity index (χ4v) is 2.16. The molecular formula is C19H20O3. The zero-order chi connectivity index (χ0) is 16.1. The van der Waals surface area contributed by atoms with Crippen molar-refractivity contribution in [3.05, 3.63) is 71.3 Å². The number of phenolic OH excluding ortho intramolecular Hbond substituents is 1. The summed E-state index contributed by atoms with van der Waals surface area (Å²) in [4.78, 5) is 11.6. The maximum absolute atomic E-state index is 11.6. The van der Waals surface area contributed by atoms with Crippen molar-refractivity contribution in [3.8, 4) is 11.5 Å². The van der Waals surface area contributed by atoms with E-state index in [9.17, 15) is 9.90 Å². The normalized spacial score (nSPS) is 11.6. The molecule has 114 valence electrons. The first-order valence-corrected chi connectivity index (χ1v) is 7.21. The quantitative estimate of drug-likeness (QED) is 0.516. The number of phenols is 1. The van der Waals surface area contributed by atoms with Gasteiger partial charge in [0.2, 0.25) is 0 Å². The van der Waals surface area contributed by atoms with Gasteiger partial charge in [-0.15, -0.1) is 0 Å². The molecule has 0 fully saturated rings. The van der Waals surface area contributed by atoms with E-state index in [0.29, 0.717) is 5.75 Å². The van der Waals surface area contributed by atoms with Crippen molar-refractivity contribution in [2.45, 2.75) is 26.7 Å². The van der Waals surface area contributed by atoms with Crippen LogP contribution in [0.2, 0.25) is 0 Å². The van der Waals surface area contributed by atoms with Crippen LogP contribution in [0.3, 0.4) is 0 Å². The second kappa shape index (κ2) is 6.94. The molecule has 0 bridgehead atoms. The largest absolute Gasteiger partial charge is 0.508 e. The number of hydrogen-bond acceptors (Lipinski definition) is 3. The van der Waals surface area contributed by atoms with E-state index in [2.05, 4.69) is 6.92 Å². The molecule has 0 saturated heterocycles. The molecule has 22 heavy (non-hydrogen) atoms. The molecule has 1 unspecified atom stereocenters. The Hall–Kier alpha value is -2.55. The zero-order valence-corrected chi connectivity index (χ0v) is 13.0. The molecule has 2 aromatic rings. The van der Waals surface area contributed by atoms with Gasteiger partial charge in [-0.25, -0.2) is 4.79 Å². The molecule has 2 rings (SSSR count). The smallest absolute Gasteiger partial charge is 0.336 e. The van der Waals surface area contributed by atoms with E-state index >= 15 is 0 Å². The third kappa shape index (κ3) is 4.22. The highest BCUT2D eigenvalue weighted by Gasteiger charge is 2.09. The second-order valence-electron chi connectivity index (χ2n) is 5.53. The minimum absolute atomic E-state index is 0.197. The van der Waals surface area contributed by atoms with Crippen molar-refractivity contribution in [2.24, 2.45) is 0 Å². The molecule has 0 heterocycles. The van der Waals surface area contributed by atoms with Crippen molar-refractivity contribution in [1.29, 1.82) is 0 Å². The Morgan fingerprint density at radius 1 is 1.00 bits per heavy atom. The minimum atomic E-state index is -0.362. The first-order valence-electron chi connectivity index (χ1n) is 7.21. The third-order valence-electron chi connectivity index (χ3n) is 3.40. The van der Waals surface area contributed by atoms with Crippen molar-refractivity contribution in [2.75, 3.05) is 0 Å². The van der Waals surface area contributed by atoms with Crippen molar-refractivity contribution < 1.29 is 14.6 Å². The lowest BCUT2D eigenvalue weighted by Gasteiger charge is -2.13. The molecular weight excluding hydrogens is 276 g/mol. The Morgan fingerprint density at radius 3 is 2.00 bits per heavy atom. The van der Waals surface area contributed by atoms with E-state index in [1.807, 2.05) is 38.1 Å². The highest BCUT2D eigenvalue weighted by Crippen LogP contribution is 2.27. The summed E-state index contributed by atoms with van der Waals surface area (Å²) in [5.41, 5.74) is 3.14. The number of benzene rings is 2. The summed E-state index contributed by atoms with van der Waals surface area (Å²) >= 11 is 0. The average Bonchev–Trinajstić information content (AvgIpc) is 2.47. The molecule has 0 aliphatic rings. The zero-order valence-electron chi connectivity index (χ0n) is 13.0. The van der Waals surface area contributed by atoms with Crippen LogP contribution in [-0.2, 0) is 4.79 Å². The summed E-state index contributed by atoms with van der Waals surface area (Å²) in [5, 5.41) is 9.34. The highest BCUT2D eigenvalue weighted by molar-refractivity contribution is 5.84. The monoisotopic (exact) mass is 296 g/mol. The molecule has 1 N–H and O–H groups in total. The van der Waals surface area contributed by atoms with Gasteiger partial charge in [-0.1, -0.05) is 36.8 Å². The van der Waals surface area contributed by atoms with Gasteiger partial charge >= 0.3 is 5.97 Å². The molecule has 3 heteroatoms. The van der Waals surface area contributed by atoms with E-state index < -0.39 is 0 Å². The highest BCUT2D eigenvalue weighted by atomic mass is 16.5. The maximum atomic E-state index is 11.6. The van der Waals surface area contributed by atoms with Crippen LogP contribution >= 0.6 is 0 Å². The van der Waals surface area contributed by atoms with Gasteiger partial charge in [-0.2, -0.15) is 0 Å². The Bertz CT molecular complexity index is 663. The van der Waals surface area contributed by atoms with E-state index in [-0.39, 0.29) is 17.6 Å². The molecule has 0 aliphatic heterocycles. The Balaban J connectivity index is 2.09. The molecule has 0 aromatic heterocycles. The SMILES string of the molecule is CC(C)=CC(=O)Oc1ccc(C(C)c2ccc(O)cc2)cc1. The van der Waals surface area contributed by atoms with E-state index in [0.717, 1.165) is 16.7 Å². The number of carbonyl (C=O) groups is 1. The predicted octanol–water partition coefficient (Wildman–Crippen LogP) is 4.42. The van der Waals surface area contributed by atoms with Gasteiger partial charge < -0.3 is 9.84 Å². The average molecular weight is 296 g/mol. The minimum Gasteiger partial charge on any atom is -0.508 e. The van der Waals surface area contributed by atoms with E-state index in [4.69, 9.17) is 4.74 Å². The number of hydrogen-bond donors (Lipinski definition) is 1. The van der Waals surface area contributed by atoms with Crippen LogP contribution in [0.15, 0.2) is 60.2 Å². The fraction of sp³-hybridized carbons (Fsp3) is 0.211. The second-order valence-corrected chi connectivity index (χ2v) is 5.53. The molecule has 0 aliphatic carbocycles. The van der Waals surface area contributed by atoms with Gasteiger partial charge in [-0.05, 0) is 49.2 Å². The molecule has 0 radical (unpaired) electrons. The van der Waals surface area contributed by atoms with E-state index in [1.165, 1.54) is 6.08 Å². The topological polar surface area (TPSA) is 46.5 Å². The lowest BCUT2D eigenvalue weighted by atomic mass is 9.93. The lowest BCUT2D eigenvalue weighted by Crippen LogP contribution is -2.04. The van der Waals surface area contributed by atoms with Crippen LogP contribution in [0.25, 0.3) is 0 Å². The van der Waals surface area contributed by atoms with Crippen LogP contribution in [0.5, 0.6) is 11.5 Å². The molecule has 2 aromatic carbocycles. The molecule has 0 saturated carbocycles. The van der Waals surface area contributed by atoms with Gasteiger partial charge in [0.05, 0.1) is 0 Å². The molecule has 0 amide bonds. The van der Waals surface area contributed by atoms with Crippen LogP contribution in [0.4, 0.5) is 0 Å². The summed E-state index contributed by atoms with van der Waals surface area (Å²) in [6.45, 7) is 5.80. The van der Waals surface area contributed by atoms with Crippen LogP contribution in [0.1, 0.15) is 37.8 Å².